The molecule has 0 aromatic carbocycles. The zero-order valence-electron chi connectivity index (χ0n) is 15.0. The van der Waals surface area contributed by atoms with Crippen LogP contribution in [0.5, 0.6) is 0 Å². The highest BCUT2D eigenvalue weighted by molar-refractivity contribution is 5.12. The van der Waals surface area contributed by atoms with Crippen molar-refractivity contribution in [3.63, 3.8) is 0 Å². The number of aromatic nitrogens is 4. The van der Waals surface area contributed by atoms with Crippen LogP contribution in [0.2, 0.25) is 0 Å². The Kier molecular flexibility index (Phi) is 4.70. The monoisotopic (exact) mass is 341 g/mol. The molecule has 6 heteroatoms. The molecule has 0 unspecified atom stereocenters. The van der Waals surface area contributed by atoms with Crippen molar-refractivity contribution >= 4 is 0 Å². The van der Waals surface area contributed by atoms with Crippen LogP contribution in [0.3, 0.4) is 0 Å². The quantitative estimate of drug-likeness (QED) is 0.804. The van der Waals surface area contributed by atoms with E-state index >= 15 is 0 Å². The van der Waals surface area contributed by atoms with Gasteiger partial charge in [0.25, 0.3) is 5.56 Å². The summed E-state index contributed by atoms with van der Waals surface area (Å²) in [5.74, 6) is 1.16. The first-order valence-electron chi connectivity index (χ1n) is 9.44. The second-order valence-corrected chi connectivity index (χ2v) is 7.58. The van der Waals surface area contributed by atoms with E-state index in [0.717, 1.165) is 51.1 Å². The fourth-order valence-corrected chi connectivity index (χ4v) is 3.73. The number of hydrogen-bond donors (Lipinski definition) is 0. The molecule has 0 bridgehead atoms. The standard InChI is InChI=1S/C19H27N5O/c1-22-14-20-12-17(22)8-11-23-9-6-15(7-10-23)13-24-19(25)5-4-18(21-24)16-2-3-16/h4-5,12,14-16H,2-3,6-11,13H2,1H3. The Morgan fingerprint density at radius 3 is 2.64 bits per heavy atom. The minimum Gasteiger partial charge on any atom is -0.338 e. The summed E-state index contributed by atoms with van der Waals surface area (Å²) in [6, 6.07) is 3.61. The van der Waals surface area contributed by atoms with Crippen LogP contribution >= 0.6 is 0 Å². The van der Waals surface area contributed by atoms with Crippen molar-refractivity contribution in [1.82, 2.24) is 24.2 Å². The van der Waals surface area contributed by atoms with Crippen molar-refractivity contribution in [3.8, 4) is 0 Å². The van der Waals surface area contributed by atoms with Crippen LogP contribution < -0.4 is 5.56 Å². The zero-order valence-corrected chi connectivity index (χ0v) is 15.0. The lowest BCUT2D eigenvalue weighted by molar-refractivity contribution is 0.170. The number of imidazole rings is 1. The third-order valence-corrected chi connectivity index (χ3v) is 5.62. The van der Waals surface area contributed by atoms with Crippen molar-refractivity contribution < 1.29 is 0 Å². The fourth-order valence-electron chi connectivity index (χ4n) is 3.73. The lowest BCUT2D eigenvalue weighted by Crippen LogP contribution is -2.38. The molecule has 0 spiro atoms. The third-order valence-electron chi connectivity index (χ3n) is 5.62. The highest BCUT2D eigenvalue weighted by Gasteiger charge is 2.26. The largest absolute Gasteiger partial charge is 0.338 e. The molecule has 0 amide bonds. The minimum absolute atomic E-state index is 0.0445. The zero-order chi connectivity index (χ0) is 17.2. The van der Waals surface area contributed by atoms with Crippen molar-refractivity contribution in [2.75, 3.05) is 19.6 Å². The van der Waals surface area contributed by atoms with Crippen molar-refractivity contribution in [2.45, 2.75) is 44.6 Å². The van der Waals surface area contributed by atoms with Crippen LogP contribution in [-0.2, 0) is 20.0 Å². The lowest BCUT2D eigenvalue weighted by atomic mass is 9.96. The van der Waals surface area contributed by atoms with Crippen LogP contribution in [0.1, 0.15) is 43.0 Å². The van der Waals surface area contributed by atoms with Crippen LogP contribution in [0.15, 0.2) is 29.5 Å². The molecule has 0 radical (unpaired) electrons. The SMILES string of the molecule is Cn1cncc1CCN1CCC(Cn2nc(C3CC3)ccc2=O)CC1. The van der Waals surface area contributed by atoms with Gasteiger partial charge in [0.1, 0.15) is 0 Å². The molecule has 2 aliphatic rings. The molecule has 25 heavy (non-hydrogen) atoms. The van der Waals surface area contributed by atoms with Gasteiger partial charge in [-0.3, -0.25) is 4.79 Å². The van der Waals surface area contributed by atoms with Crippen LogP contribution in [0, 0.1) is 5.92 Å². The Bertz CT molecular complexity index is 768. The summed E-state index contributed by atoms with van der Waals surface area (Å²) >= 11 is 0. The van der Waals surface area contributed by atoms with E-state index in [1.54, 1.807) is 10.7 Å². The molecular formula is C19H27N5O. The molecule has 0 N–H and O–H groups in total. The van der Waals surface area contributed by atoms with E-state index in [1.165, 1.54) is 18.5 Å². The van der Waals surface area contributed by atoms with Gasteiger partial charge in [-0.2, -0.15) is 5.10 Å². The summed E-state index contributed by atoms with van der Waals surface area (Å²) in [7, 11) is 2.05. The Morgan fingerprint density at radius 2 is 1.96 bits per heavy atom. The summed E-state index contributed by atoms with van der Waals surface area (Å²) < 4.78 is 3.81. The van der Waals surface area contributed by atoms with Gasteiger partial charge < -0.3 is 9.47 Å². The lowest BCUT2D eigenvalue weighted by Gasteiger charge is -2.32. The Hall–Kier alpha value is -1.95. The smallest absolute Gasteiger partial charge is 0.266 e. The Labute approximate surface area is 148 Å². The predicted molar refractivity (Wildman–Crippen MR) is 96.5 cm³/mol. The van der Waals surface area contributed by atoms with Crippen LogP contribution in [0.4, 0.5) is 0 Å². The maximum atomic E-state index is 12.1. The van der Waals surface area contributed by atoms with E-state index in [2.05, 4.69) is 26.6 Å². The highest BCUT2D eigenvalue weighted by Crippen LogP contribution is 2.38. The average molecular weight is 341 g/mol. The van der Waals surface area contributed by atoms with E-state index in [0.29, 0.717) is 11.8 Å². The Morgan fingerprint density at radius 1 is 1.16 bits per heavy atom. The van der Waals surface area contributed by atoms with Gasteiger partial charge in [0.05, 0.1) is 12.0 Å². The second kappa shape index (κ2) is 7.12. The van der Waals surface area contributed by atoms with Gasteiger partial charge >= 0.3 is 0 Å². The Balaban J connectivity index is 1.28. The topological polar surface area (TPSA) is 56.0 Å². The molecule has 2 aromatic heterocycles. The van der Waals surface area contributed by atoms with Crippen molar-refractivity contribution in [3.05, 3.63) is 46.4 Å². The highest BCUT2D eigenvalue weighted by atomic mass is 16.1. The number of rotatable bonds is 6. The van der Waals surface area contributed by atoms with Gasteiger partial charge in [-0.15, -0.1) is 0 Å². The normalized spacial score (nSPS) is 19.4. The number of hydrogen-bond acceptors (Lipinski definition) is 4. The van der Waals surface area contributed by atoms with Gasteiger partial charge in [-0.25, -0.2) is 9.67 Å². The molecule has 3 heterocycles. The molecule has 1 saturated heterocycles. The van der Waals surface area contributed by atoms with Gasteiger partial charge in [0.15, 0.2) is 0 Å². The first-order valence-corrected chi connectivity index (χ1v) is 9.44. The number of aryl methyl sites for hydroxylation is 1. The summed E-state index contributed by atoms with van der Waals surface area (Å²) in [4.78, 5) is 18.8. The maximum absolute atomic E-state index is 12.1. The van der Waals surface area contributed by atoms with E-state index in [4.69, 9.17) is 0 Å². The molecule has 4 rings (SSSR count). The summed E-state index contributed by atoms with van der Waals surface area (Å²) in [6.45, 7) is 4.08. The van der Waals surface area contributed by atoms with Crippen LogP contribution in [-0.4, -0.2) is 43.9 Å². The molecule has 134 valence electrons. The number of piperidine rings is 1. The molecular weight excluding hydrogens is 314 g/mol. The minimum atomic E-state index is 0.0445. The van der Waals surface area contributed by atoms with Gasteiger partial charge in [0, 0.05) is 50.4 Å². The number of likely N-dealkylation sites (tertiary alicyclic amines) is 1. The van der Waals surface area contributed by atoms with Crippen molar-refractivity contribution in [1.29, 1.82) is 0 Å². The molecule has 1 saturated carbocycles. The van der Waals surface area contributed by atoms with E-state index in [1.807, 2.05) is 18.6 Å². The molecule has 6 nitrogen and oxygen atoms in total. The van der Waals surface area contributed by atoms with E-state index in [-0.39, 0.29) is 5.56 Å². The van der Waals surface area contributed by atoms with Crippen LogP contribution in [0.25, 0.3) is 0 Å². The maximum Gasteiger partial charge on any atom is 0.266 e. The fraction of sp³-hybridized carbons (Fsp3) is 0.632. The second-order valence-electron chi connectivity index (χ2n) is 7.58. The first kappa shape index (κ1) is 16.5. The molecule has 2 fully saturated rings. The molecule has 0 atom stereocenters. The van der Waals surface area contributed by atoms with Gasteiger partial charge in [-0.05, 0) is 50.8 Å². The van der Waals surface area contributed by atoms with E-state index < -0.39 is 0 Å². The molecule has 1 aliphatic heterocycles. The van der Waals surface area contributed by atoms with Crippen molar-refractivity contribution in [2.24, 2.45) is 13.0 Å². The van der Waals surface area contributed by atoms with E-state index in [9.17, 15) is 4.79 Å². The predicted octanol–water partition coefficient (Wildman–Crippen LogP) is 1.81. The number of nitrogens with zero attached hydrogens (tertiary/aromatic N) is 5. The summed E-state index contributed by atoms with van der Waals surface area (Å²) in [5, 5.41) is 4.61. The molecule has 2 aromatic rings. The average Bonchev–Trinajstić information content (AvgIpc) is 3.39. The third kappa shape index (κ3) is 4.00. The summed E-state index contributed by atoms with van der Waals surface area (Å²) in [6.07, 6.45) is 9.60. The van der Waals surface area contributed by atoms with Gasteiger partial charge in [0.2, 0.25) is 0 Å². The summed E-state index contributed by atoms with van der Waals surface area (Å²) in [5.41, 5.74) is 2.44. The van der Waals surface area contributed by atoms with Gasteiger partial charge in [-0.1, -0.05) is 0 Å². The first-order chi connectivity index (χ1) is 12.2. The molecule has 1 aliphatic carbocycles.